The van der Waals surface area contributed by atoms with Crippen molar-refractivity contribution in [3.8, 4) is 22.6 Å². The van der Waals surface area contributed by atoms with Crippen molar-refractivity contribution in [2.75, 3.05) is 13.2 Å². The summed E-state index contributed by atoms with van der Waals surface area (Å²) >= 11 is 0. The Bertz CT molecular complexity index is 853. The lowest BCUT2D eigenvalue weighted by atomic mass is 9.78. The average molecular weight is 575 g/mol. The fraction of sp³-hybridized carbons (Fsp3) is 0.700. The molecule has 0 aliphatic heterocycles. The predicted molar refractivity (Wildman–Crippen MR) is 181 cm³/mol. The van der Waals surface area contributed by atoms with E-state index in [0.717, 1.165) is 48.4 Å². The van der Waals surface area contributed by atoms with Crippen molar-refractivity contribution in [1.82, 2.24) is 0 Å². The molecule has 0 unspecified atom stereocenters. The maximum absolute atomic E-state index is 6.10. The van der Waals surface area contributed by atoms with Crippen LogP contribution in [0.25, 0.3) is 11.1 Å². The number of unbranched alkanes of at least 4 members (excludes halogenated alkanes) is 4. The van der Waals surface area contributed by atoms with E-state index in [-0.39, 0.29) is 0 Å². The molecule has 2 aliphatic carbocycles. The molecule has 2 aromatic carbocycles. The lowest BCUT2D eigenvalue weighted by Gasteiger charge is -2.28. The predicted octanol–water partition coefficient (Wildman–Crippen LogP) is 12.4. The van der Waals surface area contributed by atoms with Gasteiger partial charge in [-0.1, -0.05) is 141 Å². The van der Waals surface area contributed by atoms with Gasteiger partial charge in [0.2, 0.25) is 0 Å². The Kier molecular flexibility index (Phi) is 15.2. The van der Waals surface area contributed by atoms with E-state index in [1.165, 1.54) is 140 Å². The summed E-state index contributed by atoms with van der Waals surface area (Å²) in [5.74, 6) is 5.85. The summed E-state index contributed by atoms with van der Waals surface area (Å²) < 4.78 is 12.2. The van der Waals surface area contributed by atoms with Crippen LogP contribution in [0.1, 0.15) is 142 Å². The molecule has 0 heterocycles. The molecule has 0 saturated heterocycles. The summed E-state index contributed by atoms with van der Waals surface area (Å²) in [6, 6.07) is 17.2. The van der Waals surface area contributed by atoms with Gasteiger partial charge in [-0.25, -0.2) is 0 Å². The van der Waals surface area contributed by atoms with Crippen molar-refractivity contribution < 1.29 is 9.47 Å². The Morgan fingerprint density at radius 1 is 0.429 bits per heavy atom. The molecule has 2 aromatic rings. The number of benzene rings is 2. The minimum atomic E-state index is 0.835. The van der Waals surface area contributed by atoms with E-state index >= 15 is 0 Å². The summed E-state index contributed by atoms with van der Waals surface area (Å²) in [4.78, 5) is 0. The van der Waals surface area contributed by atoms with E-state index in [4.69, 9.17) is 9.47 Å². The van der Waals surface area contributed by atoms with E-state index in [9.17, 15) is 0 Å². The Morgan fingerprint density at radius 2 is 0.738 bits per heavy atom. The third-order valence-electron chi connectivity index (χ3n) is 10.5. The zero-order valence-electron chi connectivity index (χ0n) is 27.3. The Balaban J connectivity index is 1.05. The molecule has 2 aliphatic rings. The second-order valence-electron chi connectivity index (χ2n) is 13.8. The maximum atomic E-state index is 6.10. The van der Waals surface area contributed by atoms with Crippen molar-refractivity contribution in [3.05, 3.63) is 48.5 Å². The SMILES string of the molecule is CCCCCC1CCC(CCCOc2ccc(-c3ccc(OCCCC4CCC(CCCCC)CC4)cc3)cc2)CC1. The smallest absolute Gasteiger partial charge is 0.119 e. The first-order chi connectivity index (χ1) is 20.7. The molecular formula is C40H62O2. The topological polar surface area (TPSA) is 18.5 Å². The lowest BCUT2D eigenvalue weighted by molar-refractivity contribution is 0.228. The van der Waals surface area contributed by atoms with Crippen LogP contribution >= 0.6 is 0 Å². The molecule has 0 spiro atoms. The quantitative estimate of drug-likeness (QED) is 0.155. The summed E-state index contributed by atoms with van der Waals surface area (Å²) in [5, 5.41) is 0. The van der Waals surface area contributed by atoms with Crippen LogP contribution in [-0.2, 0) is 0 Å². The third-order valence-corrected chi connectivity index (χ3v) is 10.5. The first kappa shape index (κ1) is 32.9. The largest absolute Gasteiger partial charge is 0.494 e. The van der Waals surface area contributed by atoms with Crippen LogP contribution in [0.2, 0.25) is 0 Å². The van der Waals surface area contributed by atoms with Gasteiger partial charge in [-0.15, -0.1) is 0 Å². The molecule has 2 fully saturated rings. The van der Waals surface area contributed by atoms with Crippen LogP contribution in [0, 0.1) is 23.7 Å². The Hall–Kier alpha value is -1.96. The second kappa shape index (κ2) is 19.3. The number of hydrogen-bond donors (Lipinski definition) is 0. The fourth-order valence-corrected chi connectivity index (χ4v) is 7.59. The van der Waals surface area contributed by atoms with Gasteiger partial charge >= 0.3 is 0 Å². The molecule has 0 atom stereocenters. The van der Waals surface area contributed by atoms with Crippen LogP contribution in [0.4, 0.5) is 0 Å². The highest BCUT2D eigenvalue weighted by atomic mass is 16.5. The van der Waals surface area contributed by atoms with E-state index in [0.29, 0.717) is 0 Å². The molecule has 42 heavy (non-hydrogen) atoms. The normalized spacial score (nSPS) is 22.6. The maximum Gasteiger partial charge on any atom is 0.119 e. The standard InChI is InChI=1S/C40H62O2/c1-3-5-7-11-33-15-19-35(20-16-33)13-9-31-41-39-27-23-37(24-28-39)38-25-29-40(30-26-38)42-32-10-14-36-21-17-34(18-22-36)12-8-6-4-2/h23-30,33-36H,3-22,31-32H2,1-2H3. The van der Waals surface area contributed by atoms with E-state index in [1.54, 1.807) is 0 Å². The van der Waals surface area contributed by atoms with Gasteiger partial charge in [-0.2, -0.15) is 0 Å². The van der Waals surface area contributed by atoms with Gasteiger partial charge in [-0.05, 0) is 84.7 Å². The molecule has 0 amide bonds. The number of ether oxygens (including phenoxy) is 2. The number of rotatable bonds is 19. The van der Waals surface area contributed by atoms with Gasteiger partial charge < -0.3 is 9.47 Å². The summed E-state index contributed by atoms with van der Waals surface area (Å²) in [6.45, 7) is 6.29. The van der Waals surface area contributed by atoms with Gasteiger partial charge in [0.15, 0.2) is 0 Å². The molecule has 0 bridgehead atoms. The molecule has 2 heteroatoms. The van der Waals surface area contributed by atoms with Gasteiger partial charge in [0, 0.05) is 0 Å². The van der Waals surface area contributed by atoms with Crippen LogP contribution in [-0.4, -0.2) is 13.2 Å². The van der Waals surface area contributed by atoms with Crippen LogP contribution in [0.15, 0.2) is 48.5 Å². The van der Waals surface area contributed by atoms with Gasteiger partial charge in [0.05, 0.1) is 13.2 Å². The highest BCUT2D eigenvalue weighted by molar-refractivity contribution is 5.64. The van der Waals surface area contributed by atoms with Gasteiger partial charge in [0.25, 0.3) is 0 Å². The van der Waals surface area contributed by atoms with Gasteiger partial charge in [0.1, 0.15) is 11.5 Å². The Labute approximate surface area is 259 Å². The molecule has 2 nitrogen and oxygen atoms in total. The minimum absolute atomic E-state index is 0.835. The van der Waals surface area contributed by atoms with Crippen molar-refractivity contribution >= 4 is 0 Å². The zero-order valence-corrected chi connectivity index (χ0v) is 27.3. The van der Waals surface area contributed by atoms with Crippen LogP contribution < -0.4 is 9.47 Å². The molecule has 0 radical (unpaired) electrons. The second-order valence-corrected chi connectivity index (χ2v) is 13.8. The van der Waals surface area contributed by atoms with Crippen LogP contribution in [0.3, 0.4) is 0 Å². The molecule has 2 saturated carbocycles. The average Bonchev–Trinajstić information content (AvgIpc) is 3.04. The monoisotopic (exact) mass is 574 g/mol. The molecular weight excluding hydrogens is 512 g/mol. The van der Waals surface area contributed by atoms with Gasteiger partial charge in [-0.3, -0.25) is 0 Å². The first-order valence-corrected chi connectivity index (χ1v) is 18.2. The number of hydrogen-bond acceptors (Lipinski definition) is 2. The molecule has 4 rings (SSSR count). The van der Waals surface area contributed by atoms with Crippen LogP contribution in [0.5, 0.6) is 11.5 Å². The summed E-state index contributed by atoms with van der Waals surface area (Å²) in [6.07, 6.45) is 28.0. The van der Waals surface area contributed by atoms with E-state index < -0.39 is 0 Å². The Morgan fingerprint density at radius 3 is 1.05 bits per heavy atom. The van der Waals surface area contributed by atoms with E-state index in [2.05, 4.69) is 62.4 Å². The summed E-state index contributed by atoms with van der Waals surface area (Å²) in [5.41, 5.74) is 2.46. The van der Waals surface area contributed by atoms with Crippen molar-refractivity contribution in [3.63, 3.8) is 0 Å². The highest BCUT2D eigenvalue weighted by Gasteiger charge is 2.21. The molecule has 234 valence electrons. The summed E-state index contributed by atoms with van der Waals surface area (Å²) in [7, 11) is 0. The molecule has 0 N–H and O–H groups in total. The fourth-order valence-electron chi connectivity index (χ4n) is 7.59. The van der Waals surface area contributed by atoms with E-state index in [1.807, 2.05) is 0 Å². The van der Waals surface area contributed by atoms with Crippen molar-refractivity contribution in [2.45, 2.75) is 142 Å². The third kappa shape index (κ3) is 12.0. The minimum Gasteiger partial charge on any atom is -0.494 e. The van der Waals surface area contributed by atoms with Crippen molar-refractivity contribution in [1.29, 1.82) is 0 Å². The molecule has 0 aromatic heterocycles. The lowest BCUT2D eigenvalue weighted by Crippen LogP contribution is -2.15. The van der Waals surface area contributed by atoms with Crippen molar-refractivity contribution in [2.24, 2.45) is 23.7 Å². The first-order valence-electron chi connectivity index (χ1n) is 18.2. The zero-order chi connectivity index (χ0) is 29.2. The highest BCUT2D eigenvalue weighted by Crippen LogP contribution is 2.35.